The normalized spacial score (nSPS) is 15.1. The van der Waals surface area contributed by atoms with E-state index in [4.69, 9.17) is 9.84 Å². The zero-order chi connectivity index (χ0) is 14.6. The number of nitrogens with one attached hydrogen (secondary N) is 1. The van der Waals surface area contributed by atoms with Crippen LogP contribution in [0.2, 0.25) is 0 Å². The molecule has 0 saturated carbocycles. The van der Waals surface area contributed by atoms with Gasteiger partial charge in [-0.25, -0.2) is 4.79 Å². The van der Waals surface area contributed by atoms with Crippen LogP contribution >= 0.6 is 0 Å². The van der Waals surface area contributed by atoms with Crippen molar-refractivity contribution >= 4 is 12.1 Å². The molecule has 0 spiro atoms. The van der Waals surface area contributed by atoms with E-state index in [2.05, 4.69) is 5.32 Å². The van der Waals surface area contributed by atoms with E-state index in [9.17, 15) is 9.59 Å². The molecule has 5 nitrogen and oxygen atoms in total. The fourth-order valence-corrected chi connectivity index (χ4v) is 1.79. The van der Waals surface area contributed by atoms with Gasteiger partial charge in [-0.1, -0.05) is 20.8 Å². The van der Waals surface area contributed by atoms with Gasteiger partial charge < -0.3 is 15.2 Å². The highest BCUT2D eigenvalue weighted by molar-refractivity contribution is 5.73. The molecule has 0 radical (unpaired) electrons. The Kier molecular flexibility index (Phi) is 5.64. The molecule has 0 bridgehead atoms. The summed E-state index contributed by atoms with van der Waals surface area (Å²) < 4.78 is 5.18. The van der Waals surface area contributed by atoms with E-state index in [0.29, 0.717) is 6.42 Å². The maximum Gasteiger partial charge on any atom is 0.408 e. The Morgan fingerprint density at radius 3 is 2.06 bits per heavy atom. The van der Waals surface area contributed by atoms with Crippen LogP contribution in [0.1, 0.15) is 54.4 Å². The van der Waals surface area contributed by atoms with Gasteiger partial charge >= 0.3 is 12.1 Å². The lowest BCUT2D eigenvalue weighted by atomic mass is 9.81. The predicted molar refractivity (Wildman–Crippen MR) is 69.5 cm³/mol. The number of carboxylic acids is 1. The Bertz CT molecular complexity index is 307. The van der Waals surface area contributed by atoms with Gasteiger partial charge in [0.15, 0.2) is 0 Å². The van der Waals surface area contributed by atoms with Gasteiger partial charge in [-0.15, -0.1) is 0 Å². The minimum Gasteiger partial charge on any atom is -0.481 e. The Hall–Kier alpha value is -1.26. The van der Waals surface area contributed by atoms with Gasteiger partial charge in [-0.2, -0.15) is 0 Å². The highest BCUT2D eigenvalue weighted by atomic mass is 16.6. The molecule has 0 fully saturated rings. The van der Waals surface area contributed by atoms with Crippen molar-refractivity contribution < 1.29 is 19.4 Å². The first kappa shape index (κ1) is 16.7. The molecule has 2 N–H and O–H groups in total. The van der Waals surface area contributed by atoms with Gasteiger partial charge in [0.25, 0.3) is 0 Å². The third kappa shape index (κ3) is 5.38. The van der Waals surface area contributed by atoms with Gasteiger partial charge in [-0.3, -0.25) is 4.79 Å². The van der Waals surface area contributed by atoms with Crippen LogP contribution in [0.5, 0.6) is 0 Å². The summed E-state index contributed by atoms with van der Waals surface area (Å²) in [5, 5.41) is 11.7. The molecule has 0 aliphatic carbocycles. The Morgan fingerprint density at radius 2 is 1.78 bits per heavy atom. The van der Waals surface area contributed by atoms with Crippen molar-refractivity contribution in [1.29, 1.82) is 0 Å². The largest absolute Gasteiger partial charge is 0.481 e. The van der Waals surface area contributed by atoms with Gasteiger partial charge in [0.2, 0.25) is 0 Å². The minimum absolute atomic E-state index is 0.00567. The summed E-state index contributed by atoms with van der Waals surface area (Å²) >= 11 is 0. The third-order valence-corrected chi connectivity index (χ3v) is 2.95. The molecule has 0 saturated heterocycles. The van der Waals surface area contributed by atoms with Crippen molar-refractivity contribution in [3.8, 4) is 0 Å². The molecule has 106 valence electrons. The number of ether oxygens (including phenoxy) is 1. The Labute approximate surface area is 109 Å². The second kappa shape index (κ2) is 6.07. The summed E-state index contributed by atoms with van der Waals surface area (Å²) in [7, 11) is 0. The number of carboxylic acid groups (broad SMARTS) is 1. The number of amides is 1. The Balaban J connectivity index is 4.89. The molecule has 0 aromatic heterocycles. The second-order valence-electron chi connectivity index (χ2n) is 5.86. The lowest BCUT2D eigenvalue weighted by Gasteiger charge is -2.37. The number of carbonyl (C=O) groups is 2. The number of rotatable bonds is 5. The van der Waals surface area contributed by atoms with E-state index in [1.165, 1.54) is 0 Å². The zero-order valence-corrected chi connectivity index (χ0v) is 12.2. The van der Waals surface area contributed by atoms with E-state index in [1.54, 1.807) is 20.8 Å². The van der Waals surface area contributed by atoms with Crippen molar-refractivity contribution in [2.45, 2.75) is 65.5 Å². The molecule has 0 heterocycles. The highest BCUT2D eigenvalue weighted by Gasteiger charge is 2.37. The van der Waals surface area contributed by atoms with Crippen molar-refractivity contribution in [3.05, 3.63) is 0 Å². The zero-order valence-electron chi connectivity index (χ0n) is 12.2. The van der Waals surface area contributed by atoms with Gasteiger partial charge in [-0.05, 0) is 33.1 Å². The Morgan fingerprint density at radius 1 is 1.28 bits per heavy atom. The lowest BCUT2D eigenvalue weighted by Crippen LogP contribution is -2.54. The van der Waals surface area contributed by atoms with Crippen LogP contribution in [0.15, 0.2) is 0 Å². The quantitative estimate of drug-likeness (QED) is 0.796. The first-order valence-corrected chi connectivity index (χ1v) is 6.25. The summed E-state index contributed by atoms with van der Waals surface area (Å²) in [6, 6.07) is 0. The van der Waals surface area contributed by atoms with E-state index >= 15 is 0 Å². The lowest BCUT2D eigenvalue weighted by molar-refractivity contribution is -0.139. The van der Waals surface area contributed by atoms with Crippen LogP contribution < -0.4 is 5.32 Å². The van der Waals surface area contributed by atoms with E-state index in [0.717, 1.165) is 0 Å². The first-order chi connectivity index (χ1) is 8.02. The molecule has 1 atom stereocenters. The maximum absolute atomic E-state index is 11.8. The summed E-state index contributed by atoms with van der Waals surface area (Å²) in [4.78, 5) is 22.7. The summed E-state index contributed by atoms with van der Waals surface area (Å²) in [5.41, 5.74) is -1.36. The number of hydrogen-bond donors (Lipinski definition) is 2. The van der Waals surface area contributed by atoms with Gasteiger partial charge in [0.05, 0.1) is 12.0 Å². The van der Waals surface area contributed by atoms with Gasteiger partial charge in [0, 0.05) is 0 Å². The third-order valence-electron chi connectivity index (χ3n) is 2.95. The standard InChI is InChI=1S/C13H25NO4/c1-7-13(9(2)3,8-10(15)16)14-11(17)18-12(4,5)6/h9H,7-8H2,1-6H3,(H,14,17)(H,15,16). The number of carbonyl (C=O) groups excluding carboxylic acids is 1. The monoisotopic (exact) mass is 259 g/mol. The van der Waals surface area contributed by atoms with Crippen LogP contribution in [-0.2, 0) is 9.53 Å². The van der Waals surface area contributed by atoms with Crippen LogP contribution in [-0.4, -0.2) is 28.3 Å². The molecule has 0 aliphatic heterocycles. The van der Waals surface area contributed by atoms with Crippen molar-refractivity contribution in [1.82, 2.24) is 5.32 Å². The highest BCUT2D eigenvalue weighted by Crippen LogP contribution is 2.26. The molecule has 0 aromatic rings. The average molecular weight is 259 g/mol. The average Bonchev–Trinajstić information content (AvgIpc) is 2.12. The SMILES string of the molecule is CCC(CC(=O)O)(NC(=O)OC(C)(C)C)C(C)C. The van der Waals surface area contributed by atoms with Crippen LogP contribution in [0.25, 0.3) is 0 Å². The number of aliphatic carboxylic acids is 1. The second-order valence-corrected chi connectivity index (χ2v) is 5.86. The molecular weight excluding hydrogens is 234 g/mol. The molecule has 1 amide bonds. The van der Waals surface area contributed by atoms with E-state index < -0.39 is 23.2 Å². The molecule has 18 heavy (non-hydrogen) atoms. The molecular formula is C13H25NO4. The number of hydrogen-bond acceptors (Lipinski definition) is 3. The predicted octanol–water partition coefficient (Wildman–Crippen LogP) is 2.79. The fourth-order valence-electron chi connectivity index (χ4n) is 1.79. The molecule has 0 aliphatic rings. The minimum atomic E-state index is -0.929. The number of alkyl carbamates (subject to hydrolysis) is 1. The molecule has 0 rings (SSSR count). The van der Waals surface area contributed by atoms with Crippen LogP contribution in [0, 0.1) is 5.92 Å². The van der Waals surface area contributed by atoms with Crippen LogP contribution in [0.3, 0.4) is 0 Å². The van der Waals surface area contributed by atoms with Crippen LogP contribution in [0.4, 0.5) is 4.79 Å². The van der Waals surface area contributed by atoms with Crippen molar-refractivity contribution in [2.24, 2.45) is 5.92 Å². The fraction of sp³-hybridized carbons (Fsp3) is 0.846. The van der Waals surface area contributed by atoms with E-state index in [-0.39, 0.29) is 12.3 Å². The summed E-state index contributed by atoms with van der Waals surface area (Å²) in [5.74, 6) is -0.923. The smallest absolute Gasteiger partial charge is 0.408 e. The molecule has 1 unspecified atom stereocenters. The summed E-state index contributed by atoms with van der Waals surface area (Å²) in [6.07, 6.45) is -0.143. The van der Waals surface area contributed by atoms with Crippen molar-refractivity contribution in [3.63, 3.8) is 0 Å². The first-order valence-electron chi connectivity index (χ1n) is 6.25. The molecule has 5 heteroatoms. The van der Waals surface area contributed by atoms with E-state index in [1.807, 2.05) is 20.8 Å². The van der Waals surface area contributed by atoms with Crippen molar-refractivity contribution in [2.75, 3.05) is 0 Å². The summed E-state index contributed by atoms with van der Waals surface area (Å²) in [6.45, 7) is 11.0. The maximum atomic E-state index is 11.8. The topological polar surface area (TPSA) is 75.6 Å². The van der Waals surface area contributed by atoms with Gasteiger partial charge in [0.1, 0.15) is 5.60 Å². The molecule has 0 aromatic carbocycles.